The van der Waals surface area contributed by atoms with E-state index in [1.807, 2.05) is 0 Å². The molecule has 0 unspecified atom stereocenters. The minimum Gasteiger partial charge on any atom is -0.464 e. The zero-order valence-corrected chi connectivity index (χ0v) is 17.7. The molecule has 158 valence electrons. The Balaban J connectivity index is 2.07. The summed E-state index contributed by atoms with van der Waals surface area (Å²) in [6, 6.07) is -1.17. The molecule has 0 aromatic carbocycles. The second-order valence-electron chi connectivity index (χ2n) is 7.49. The van der Waals surface area contributed by atoms with E-state index in [0.29, 0.717) is 25.1 Å². The molecule has 0 spiro atoms. The van der Waals surface area contributed by atoms with Crippen molar-refractivity contribution < 1.29 is 23.9 Å². The van der Waals surface area contributed by atoms with Crippen molar-refractivity contribution in [3.05, 3.63) is 0 Å². The summed E-state index contributed by atoms with van der Waals surface area (Å²) in [7, 11) is 0. The number of hydrogen-bond acceptors (Lipinski definition) is 6. The molecule has 2 aliphatic heterocycles. The lowest BCUT2D eigenvalue weighted by Gasteiger charge is -2.29. The van der Waals surface area contributed by atoms with Gasteiger partial charge in [-0.05, 0) is 32.6 Å². The monoisotopic (exact) mass is 412 g/mol. The molecular weight excluding hydrogens is 380 g/mol. The first kappa shape index (κ1) is 22.7. The van der Waals surface area contributed by atoms with E-state index in [0.717, 1.165) is 50.3 Å². The first-order valence-corrected chi connectivity index (χ1v) is 11.3. The summed E-state index contributed by atoms with van der Waals surface area (Å²) < 4.78 is 5.11. The zero-order chi connectivity index (χ0) is 20.5. The molecular formula is C20H32N2O5S. The van der Waals surface area contributed by atoms with E-state index in [-0.39, 0.29) is 35.4 Å². The minimum atomic E-state index is -0.620. The summed E-state index contributed by atoms with van der Waals surface area (Å²) in [6.07, 6.45) is 6.49. The van der Waals surface area contributed by atoms with Crippen LogP contribution in [0.3, 0.4) is 0 Å². The van der Waals surface area contributed by atoms with Crippen LogP contribution in [0.25, 0.3) is 0 Å². The lowest BCUT2D eigenvalue weighted by atomic mass is 9.97. The number of likely N-dealkylation sites (tertiary alicyclic amines) is 1. The van der Waals surface area contributed by atoms with E-state index >= 15 is 0 Å². The smallest absolute Gasteiger partial charge is 0.328 e. The third-order valence-electron chi connectivity index (χ3n) is 5.36. The third kappa shape index (κ3) is 6.50. The van der Waals surface area contributed by atoms with Crippen molar-refractivity contribution in [1.82, 2.24) is 10.2 Å². The quantitative estimate of drug-likeness (QED) is 0.697. The van der Waals surface area contributed by atoms with Gasteiger partial charge in [-0.25, -0.2) is 4.79 Å². The van der Waals surface area contributed by atoms with Crippen molar-refractivity contribution in [2.75, 3.05) is 18.9 Å². The molecule has 7 nitrogen and oxygen atoms in total. The average Bonchev–Trinajstić information content (AvgIpc) is 3.15. The second-order valence-corrected chi connectivity index (χ2v) is 8.69. The zero-order valence-electron chi connectivity index (χ0n) is 16.9. The van der Waals surface area contributed by atoms with Crippen LogP contribution in [0, 0.1) is 5.92 Å². The topological polar surface area (TPSA) is 92.8 Å². The number of rotatable bonds is 5. The number of hydrogen-bond donors (Lipinski definition) is 1. The SMILES string of the molecule is CCOC(=O)[C@@H]1CCCN1C(=O)[C@H]1CCCCCC[C@H](CSC(C)=O)C(=O)N1. The number of ether oxygens (including phenoxy) is 1. The van der Waals surface area contributed by atoms with Crippen molar-refractivity contribution in [3.8, 4) is 0 Å². The first-order valence-electron chi connectivity index (χ1n) is 10.3. The minimum absolute atomic E-state index is 0.00753. The molecule has 0 aliphatic carbocycles. The summed E-state index contributed by atoms with van der Waals surface area (Å²) in [5.41, 5.74) is 0. The van der Waals surface area contributed by atoms with Gasteiger partial charge in [0, 0.05) is 25.1 Å². The average molecular weight is 413 g/mol. The van der Waals surface area contributed by atoms with Gasteiger partial charge in [-0.2, -0.15) is 0 Å². The summed E-state index contributed by atoms with van der Waals surface area (Å²) >= 11 is 1.16. The number of carbonyl (C=O) groups is 4. The highest BCUT2D eigenvalue weighted by Crippen LogP contribution is 2.23. The Morgan fingerprint density at radius 2 is 1.82 bits per heavy atom. The predicted molar refractivity (Wildman–Crippen MR) is 108 cm³/mol. The van der Waals surface area contributed by atoms with Crippen molar-refractivity contribution in [3.63, 3.8) is 0 Å². The van der Waals surface area contributed by atoms with Gasteiger partial charge in [0.05, 0.1) is 6.61 Å². The standard InChI is InChI=1S/C20H32N2O5S/c1-3-27-20(26)17-11-8-12-22(17)19(25)16-10-7-5-4-6-9-15(18(24)21-16)13-28-14(2)23/h15-17H,3-13H2,1-2H3,(H,21,24)/t15-,16-,17+/m1/s1. The molecule has 0 bridgehead atoms. The maximum absolute atomic E-state index is 13.1. The van der Waals surface area contributed by atoms with E-state index < -0.39 is 12.1 Å². The molecule has 1 N–H and O–H groups in total. The van der Waals surface area contributed by atoms with Crippen molar-refractivity contribution in [1.29, 1.82) is 0 Å². The van der Waals surface area contributed by atoms with Crippen LogP contribution in [0.5, 0.6) is 0 Å². The van der Waals surface area contributed by atoms with E-state index in [4.69, 9.17) is 4.74 Å². The third-order valence-corrected chi connectivity index (χ3v) is 6.34. The highest BCUT2D eigenvalue weighted by atomic mass is 32.2. The predicted octanol–water partition coefficient (Wildman–Crippen LogP) is 2.28. The molecule has 0 radical (unpaired) electrons. The van der Waals surface area contributed by atoms with Crippen molar-refractivity contribution in [2.24, 2.45) is 5.92 Å². The van der Waals surface area contributed by atoms with Crippen LogP contribution in [-0.2, 0) is 23.9 Å². The van der Waals surface area contributed by atoms with E-state index in [9.17, 15) is 19.2 Å². The van der Waals surface area contributed by atoms with Gasteiger partial charge >= 0.3 is 5.97 Å². The Hall–Kier alpha value is -1.57. The Morgan fingerprint density at radius 1 is 1.11 bits per heavy atom. The van der Waals surface area contributed by atoms with Gasteiger partial charge in [-0.1, -0.05) is 37.4 Å². The normalized spacial score (nSPS) is 26.4. The van der Waals surface area contributed by atoms with Crippen molar-refractivity contribution in [2.45, 2.75) is 77.3 Å². The second kappa shape index (κ2) is 11.4. The number of amides is 2. The lowest BCUT2D eigenvalue weighted by molar-refractivity contribution is -0.153. The summed E-state index contributed by atoms with van der Waals surface area (Å²) in [5, 5.41) is 2.91. The van der Waals surface area contributed by atoms with Gasteiger partial charge in [-0.15, -0.1) is 0 Å². The number of thioether (sulfide) groups is 1. The molecule has 28 heavy (non-hydrogen) atoms. The Kier molecular flexibility index (Phi) is 9.28. The molecule has 2 fully saturated rings. The van der Waals surface area contributed by atoms with Crippen LogP contribution in [0.4, 0.5) is 0 Å². The molecule has 0 aromatic heterocycles. The fourth-order valence-corrected chi connectivity index (χ4v) is 4.62. The molecule has 3 atom stereocenters. The van der Waals surface area contributed by atoms with E-state index in [1.54, 1.807) is 11.8 Å². The van der Waals surface area contributed by atoms with Crippen LogP contribution < -0.4 is 5.32 Å². The van der Waals surface area contributed by atoms with Gasteiger partial charge in [-0.3, -0.25) is 14.4 Å². The van der Waals surface area contributed by atoms with Crippen LogP contribution in [0.15, 0.2) is 0 Å². The Bertz CT molecular complexity index is 583. The fourth-order valence-electron chi connectivity index (χ4n) is 3.86. The van der Waals surface area contributed by atoms with Gasteiger partial charge < -0.3 is 15.0 Å². The number of nitrogens with one attached hydrogen (secondary N) is 1. The van der Waals surface area contributed by atoms with E-state index in [1.165, 1.54) is 6.92 Å². The molecule has 8 heteroatoms. The van der Waals surface area contributed by atoms with Crippen molar-refractivity contribution >= 4 is 34.7 Å². The maximum atomic E-state index is 13.1. The molecule has 2 rings (SSSR count). The highest BCUT2D eigenvalue weighted by molar-refractivity contribution is 8.13. The van der Waals surface area contributed by atoms with E-state index in [2.05, 4.69) is 5.32 Å². The van der Waals surface area contributed by atoms with Gasteiger partial charge in [0.15, 0.2) is 5.12 Å². The van der Waals surface area contributed by atoms with Crippen LogP contribution in [-0.4, -0.2) is 58.8 Å². The molecule has 0 saturated carbocycles. The highest BCUT2D eigenvalue weighted by Gasteiger charge is 2.38. The summed E-state index contributed by atoms with van der Waals surface area (Å²) in [6.45, 7) is 4.04. The molecule has 2 heterocycles. The molecule has 2 saturated heterocycles. The molecule has 2 aliphatic rings. The number of nitrogens with zero attached hydrogens (tertiary/aromatic N) is 1. The van der Waals surface area contributed by atoms with Gasteiger partial charge in [0.25, 0.3) is 0 Å². The Morgan fingerprint density at radius 3 is 2.50 bits per heavy atom. The number of esters is 1. The van der Waals surface area contributed by atoms with Gasteiger partial charge in [0.2, 0.25) is 11.8 Å². The van der Waals surface area contributed by atoms with Gasteiger partial charge in [0.1, 0.15) is 12.1 Å². The number of carbonyl (C=O) groups excluding carboxylic acids is 4. The summed E-state index contributed by atoms with van der Waals surface area (Å²) in [5.74, 6) is -0.558. The largest absolute Gasteiger partial charge is 0.464 e. The molecule has 0 aromatic rings. The summed E-state index contributed by atoms with van der Waals surface area (Å²) in [4.78, 5) is 51.0. The maximum Gasteiger partial charge on any atom is 0.328 e. The molecule has 2 amide bonds. The Labute approximate surface area is 171 Å². The van der Waals surface area contributed by atoms with Crippen LogP contribution >= 0.6 is 11.8 Å². The first-order chi connectivity index (χ1) is 13.4. The fraction of sp³-hybridized carbons (Fsp3) is 0.800. The van der Waals surface area contributed by atoms with Crippen LogP contribution in [0.2, 0.25) is 0 Å². The van der Waals surface area contributed by atoms with Crippen LogP contribution in [0.1, 0.15) is 65.2 Å². The lowest BCUT2D eigenvalue weighted by Crippen LogP contribution is -2.53.